The number of anilines is 2. The first-order valence-electron chi connectivity index (χ1n) is 12.9. The average Bonchev–Trinajstić information content (AvgIpc) is 2.71. The summed E-state index contributed by atoms with van der Waals surface area (Å²) in [7, 11) is 1.69. The Hall–Kier alpha value is -2.86. The highest BCUT2D eigenvalue weighted by Crippen LogP contribution is 2.42. The van der Waals surface area contributed by atoms with E-state index in [0.717, 1.165) is 52.8 Å². The Morgan fingerprint density at radius 1 is 1.17 bits per heavy atom. The molecular formula is C32H43NO2. The lowest BCUT2D eigenvalue weighted by Crippen LogP contribution is -2.30. The van der Waals surface area contributed by atoms with E-state index in [1.54, 1.807) is 7.11 Å². The van der Waals surface area contributed by atoms with Gasteiger partial charge in [-0.25, -0.2) is 0 Å². The molecule has 35 heavy (non-hydrogen) atoms. The Morgan fingerprint density at radius 2 is 1.89 bits per heavy atom. The lowest BCUT2D eigenvalue weighted by molar-refractivity contribution is 0.0373. The minimum absolute atomic E-state index is 0.205. The molecule has 1 aliphatic rings. The molecule has 3 heteroatoms. The highest BCUT2D eigenvalue weighted by atomic mass is 16.5. The highest BCUT2D eigenvalue weighted by Gasteiger charge is 2.32. The third-order valence-corrected chi connectivity index (χ3v) is 7.14. The third-order valence-electron chi connectivity index (χ3n) is 7.14. The molecule has 2 aromatic rings. The SMILES string of the molecule is C#Cc1cc(C)c(C[C@H](C2CCC2)[C@H](C)CC(=C)OC(C)(C)C)cc1Nc1cc(C)cc(OC)c1. The molecule has 1 N–H and O–H groups in total. The molecule has 0 spiro atoms. The van der Waals surface area contributed by atoms with Crippen molar-refractivity contribution in [3.8, 4) is 18.1 Å². The van der Waals surface area contributed by atoms with Crippen LogP contribution >= 0.6 is 0 Å². The van der Waals surface area contributed by atoms with Gasteiger partial charge in [-0.3, -0.25) is 0 Å². The fourth-order valence-corrected chi connectivity index (χ4v) is 5.23. The molecule has 3 nitrogen and oxygen atoms in total. The summed E-state index contributed by atoms with van der Waals surface area (Å²) in [5.74, 6) is 6.45. The highest BCUT2D eigenvalue weighted by molar-refractivity contribution is 5.70. The zero-order chi connectivity index (χ0) is 25.8. The molecule has 0 bridgehead atoms. The Bertz CT molecular complexity index is 1080. The molecule has 2 atom stereocenters. The van der Waals surface area contributed by atoms with E-state index in [-0.39, 0.29) is 5.60 Å². The number of hydrogen-bond acceptors (Lipinski definition) is 3. The van der Waals surface area contributed by atoms with Gasteiger partial charge in [0.05, 0.1) is 18.6 Å². The van der Waals surface area contributed by atoms with Crippen molar-refractivity contribution in [1.29, 1.82) is 0 Å². The Labute approximate surface area is 213 Å². The topological polar surface area (TPSA) is 30.5 Å². The van der Waals surface area contributed by atoms with Gasteiger partial charge in [0.15, 0.2) is 0 Å². The van der Waals surface area contributed by atoms with Gasteiger partial charge >= 0.3 is 0 Å². The zero-order valence-electron chi connectivity index (χ0n) is 22.8. The second kappa shape index (κ2) is 11.3. The van der Waals surface area contributed by atoms with Crippen LogP contribution in [0, 0.1) is 43.9 Å². The number of terminal acetylenes is 1. The largest absolute Gasteiger partial charge is 0.497 e. The molecule has 0 heterocycles. The number of allylic oxidation sites excluding steroid dienone is 1. The van der Waals surface area contributed by atoms with E-state index in [9.17, 15) is 0 Å². The van der Waals surface area contributed by atoms with Gasteiger partial charge < -0.3 is 14.8 Å². The van der Waals surface area contributed by atoms with Crippen LogP contribution in [0.15, 0.2) is 42.7 Å². The van der Waals surface area contributed by atoms with Gasteiger partial charge in [-0.05, 0) is 99.7 Å². The molecular weight excluding hydrogens is 430 g/mol. The van der Waals surface area contributed by atoms with E-state index in [4.69, 9.17) is 15.9 Å². The summed E-state index contributed by atoms with van der Waals surface area (Å²) in [6, 6.07) is 10.6. The molecule has 2 aromatic carbocycles. The number of methoxy groups -OCH3 is 1. The zero-order valence-corrected chi connectivity index (χ0v) is 22.8. The summed E-state index contributed by atoms with van der Waals surface area (Å²) >= 11 is 0. The van der Waals surface area contributed by atoms with Crippen molar-refractivity contribution in [2.75, 3.05) is 12.4 Å². The third kappa shape index (κ3) is 7.31. The summed E-state index contributed by atoms with van der Waals surface area (Å²) in [5.41, 5.74) is 6.38. The van der Waals surface area contributed by atoms with Gasteiger partial charge in [-0.1, -0.05) is 38.7 Å². The van der Waals surface area contributed by atoms with E-state index in [0.29, 0.717) is 11.8 Å². The first kappa shape index (κ1) is 26.7. The van der Waals surface area contributed by atoms with Gasteiger partial charge in [0.1, 0.15) is 11.4 Å². The second-order valence-electron chi connectivity index (χ2n) is 11.3. The molecule has 0 aliphatic heterocycles. The number of benzene rings is 2. The van der Waals surface area contributed by atoms with Crippen LogP contribution in [0.4, 0.5) is 11.4 Å². The molecule has 1 aliphatic carbocycles. The number of ether oxygens (including phenoxy) is 2. The molecule has 0 radical (unpaired) electrons. The predicted octanol–water partition coefficient (Wildman–Crippen LogP) is 8.35. The minimum atomic E-state index is -0.205. The summed E-state index contributed by atoms with van der Waals surface area (Å²) in [5, 5.41) is 3.57. The predicted molar refractivity (Wildman–Crippen MR) is 148 cm³/mol. The summed E-state index contributed by atoms with van der Waals surface area (Å²) in [4.78, 5) is 0. The quantitative estimate of drug-likeness (QED) is 0.278. The van der Waals surface area contributed by atoms with Gasteiger partial charge in [0.2, 0.25) is 0 Å². The first-order chi connectivity index (χ1) is 16.5. The van der Waals surface area contributed by atoms with Crippen LogP contribution in [-0.4, -0.2) is 12.7 Å². The van der Waals surface area contributed by atoms with Crippen molar-refractivity contribution >= 4 is 11.4 Å². The fraction of sp³-hybridized carbons (Fsp3) is 0.500. The van der Waals surface area contributed by atoms with Crippen molar-refractivity contribution in [2.24, 2.45) is 17.8 Å². The van der Waals surface area contributed by atoms with Crippen LogP contribution in [-0.2, 0) is 11.2 Å². The first-order valence-corrected chi connectivity index (χ1v) is 12.9. The lowest BCUT2D eigenvalue weighted by atomic mass is 9.67. The van der Waals surface area contributed by atoms with Crippen molar-refractivity contribution in [3.05, 3.63) is 64.9 Å². The van der Waals surface area contributed by atoms with E-state index < -0.39 is 0 Å². The van der Waals surface area contributed by atoms with Crippen LogP contribution in [0.1, 0.15) is 75.6 Å². The van der Waals surface area contributed by atoms with E-state index in [2.05, 4.69) is 77.6 Å². The Kier molecular flexibility index (Phi) is 8.60. The van der Waals surface area contributed by atoms with E-state index in [1.807, 2.05) is 12.1 Å². The maximum Gasteiger partial charge on any atom is 0.121 e. The number of rotatable bonds is 10. The maximum atomic E-state index is 6.07. The fourth-order valence-electron chi connectivity index (χ4n) is 5.23. The molecule has 0 aromatic heterocycles. The van der Waals surface area contributed by atoms with Crippen LogP contribution < -0.4 is 10.1 Å². The monoisotopic (exact) mass is 473 g/mol. The van der Waals surface area contributed by atoms with Crippen LogP contribution in [0.5, 0.6) is 5.75 Å². The number of nitrogens with one attached hydrogen (secondary N) is 1. The average molecular weight is 474 g/mol. The Balaban J connectivity index is 1.86. The van der Waals surface area contributed by atoms with Crippen molar-refractivity contribution < 1.29 is 9.47 Å². The van der Waals surface area contributed by atoms with Gasteiger partial charge in [-0.15, -0.1) is 6.42 Å². The molecule has 3 rings (SSSR count). The number of aryl methyl sites for hydroxylation is 2. The molecule has 0 amide bonds. The van der Waals surface area contributed by atoms with Gasteiger partial charge in [0, 0.05) is 23.7 Å². The number of hydrogen-bond donors (Lipinski definition) is 1. The second-order valence-corrected chi connectivity index (χ2v) is 11.3. The van der Waals surface area contributed by atoms with Crippen LogP contribution in [0.25, 0.3) is 0 Å². The molecule has 0 unspecified atom stereocenters. The molecule has 0 saturated heterocycles. The summed E-state index contributed by atoms with van der Waals surface area (Å²) in [6.07, 6.45) is 11.8. The van der Waals surface area contributed by atoms with E-state index in [1.165, 1.54) is 30.4 Å². The lowest BCUT2D eigenvalue weighted by Gasteiger charge is -2.38. The van der Waals surface area contributed by atoms with E-state index >= 15 is 0 Å². The smallest absolute Gasteiger partial charge is 0.121 e. The van der Waals surface area contributed by atoms with Crippen molar-refractivity contribution in [2.45, 2.75) is 79.2 Å². The van der Waals surface area contributed by atoms with Gasteiger partial charge in [0.25, 0.3) is 0 Å². The summed E-state index contributed by atoms with van der Waals surface area (Å²) in [6.45, 7) is 17.1. The summed E-state index contributed by atoms with van der Waals surface area (Å²) < 4.78 is 11.5. The molecule has 1 saturated carbocycles. The Morgan fingerprint density at radius 3 is 2.46 bits per heavy atom. The molecule has 188 valence electrons. The normalized spacial score (nSPS) is 15.5. The molecule has 1 fully saturated rings. The van der Waals surface area contributed by atoms with Crippen molar-refractivity contribution in [1.82, 2.24) is 0 Å². The van der Waals surface area contributed by atoms with Crippen LogP contribution in [0.3, 0.4) is 0 Å². The standard InChI is InChI=1S/C32H43NO2/c1-10-25-17-22(3)27(19-31(25)33-28-14-21(2)15-29(20-28)34-9)18-30(26-12-11-13-26)23(4)16-24(5)35-32(6,7)8/h1,14-15,17,19-20,23,26,30,33H,5,11-13,16,18H2,2-4,6-9H3/t23-,30+/m1/s1. The minimum Gasteiger partial charge on any atom is -0.497 e. The maximum absolute atomic E-state index is 6.07. The van der Waals surface area contributed by atoms with Gasteiger partial charge in [-0.2, -0.15) is 0 Å². The van der Waals surface area contributed by atoms with Crippen molar-refractivity contribution in [3.63, 3.8) is 0 Å². The van der Waals surface area contributed by atoms with Crippen LogP contribution in [0.2, 0.25) is 0 Å².